The standard InChI is InChI=1S/C13H18O4/c1-9(2)6-7-10(3)8-11(12(14)16-4)13(15)17-5/h6-8,11H,1H2,2-5H3. The summed E-state index contributed by atoms with van der Waals surface area (Å²) in [5.41, 5.74) is 1.64. The van der Waals surface area contributed by atoms with E-state index in [0.717, 1.165) is 11.1 Å². The van der Waals surface area contributed by atoms with Crippen LogP contribution in [0.15, 0.2) is 36.0 Å². The van der Waals surface area contributed by atoms with E-state index < -0.39 is 17.9 Å². The van der Waals surface area contributed by atoms with Gasteiger partial charge in [0.05, 0.1) is 14.2 Å². The number of esters is 2. The second-order valence-electron chi connectivity index (χ2n) is 3.61. The molecular weight excluding hydrogens is 220 g/mol. The Morgan fingerprint density at radius 1 is 1.06 bits per heavy atom. The van der Waals surface area contributed by atoms with E-state index in [0.29, 0.717) is 0 Å². The molecule has 0 aliphatic rings. The first-order valence-electron chi connectivity index (χ1n) is 5.10. The minimum atomic E-state index is -1.03. The molecule has 0 atom stereocenters. The van der Waals surface area contributed by atoms with Crippen LogP contribution in [0.3, 0.4) is 0 Å². The molecule has 0 aliphatic carbocycles. The molecule has 0 unspecified atom stereocenters. The van der Waals surface area contributed by atoms with E-state index in [2.05, 4.69) is 16.1 Å². The number of carbonyl (C=O) groups excluding carboxylic acids is 2. The fraction of sp³-hybridized carbons (Fsp3) is 0.385. The zero-order valence-corrected chi connectivity index (χ0v) is 10.6. The minimum Gasteiger partial charge on any atom is -0.468 e. The summed E-state index contributed by atoms with van der Waals surface area (Å²) in [6, 6.07) is 0. The van der Waals surface area contributed by atoms with Gasteiger partial charge in [0.1, 0.15) is 0 Å². The molecule has 0 N–H and O–H groups in total. The smallest absolute Gasteiger partial charge is 0.324 e. The molecule has 0 aliphatic heterocycles. The molecule has 0 aromatic rings. The number of allylic oxidation sites excluding steroid dienone is 4. The van der Waals surface area contributed by atoms with Crippen molar-refractivity contribution < 1.29 is 19.1 Å². The van der Waals surface area contributed by atoms with Crippen LogP contribution >= 0.6 is 0 Å². The van der Waals surface area contributed by atoms with Crippen LogP contribution in [0, 0.1) is 5.92 Å². The molecule has 0 saturated heterocycles. The fourth-order valence-corrected chi connectivity index (χ4v) is 1.08. The van der Waals surface area contributed by atoms with Crippen LogP contribution in [0.4, 0.5) is 0 Å². The van der Waals surface area contributed by atoms with Gasteiger partial charge >= 0.3 is 11.9 Å². The summed E-state index contributed by atoms with van der Waals surface area (Å²) < 4.78 is 9.07. The normalized spacial score (nSPS) is 11.7. The van der Waals surface area contributed by atoms with Crippen molar-refractivity contribution in [3.63, 3.8) is 0 Å². The number of hydrogen-bond donors (Lipinski definition) is 0. The summed E-state index contributed by atoms with van der Waals surface area (Å²) in [7, 11) is 2.45. The average Bonchev–Trinajstić information content (AvgIpc) is 2.31. The number of carbonyl (C=O) groups is 2. The van der Waals surface area contributed by atoms with E-state index in [-0.39, 0.29) is 0 Å². The summed E-state index contributed by atoms with van der Waals surface area (Å²) in [6.45, 7) is 7.34. The van der Waals surface area contributed by atoms with Gasteiger partial charge in [-0.15, -0.1) is 0 Å². The van der Waals surface area contributed by atoms with Crippen molar-refractivity contribution in [2.75, 3.05) is 14.2 Å². The Morgan fingerprint density at radius 2 is 1.53 bits per heavy atom. The maximum Gasteiger partial charge on any atom is 0.324 e. The zero-order chi connectivity index (χ0) is 13.4. The van der Waals surface area contributed by atoms with Crippen LogP contribution in [0.25, 0.3) is 0 Å². The van der Waals surface area contributed by atoms with Crippen molar-refractivity contribution in [1.82, 2.24) is 0 Å². The van der Waals surface area contributed by atoms with Crippen molar-refractivity contribution in [1.29, 1.82) is 0 Å². The van der Waals surface area contributed by atoms with Gasteiger partial charge in [-0.1, -0.05) is 36.0 Å². The van der Waals surface area contributed by atoms with E-state index >= 15 is 0 Å². The Morgan fingerprint density at radius 3 is 1.88 bits per heavy atom. The van der Waals surface area contributed by atoms with E-state index in [1.165, 1.54) is 20.3 Å². The van der Waals surface area contributed by atoms with E-state index in [1.807, 2.05) is 6.92 Å². The second-order valence-corrected chi connectivity index (χ2v) is 3.61. The number of ether oxygens (including phenoxy) is 2. The topological polar surface area (TPSA) is 52.6 Å². The molecule has 0 rings (SSSR count). The molecule has 0 radical (unpaired) electrons. The van der Waals surface area contributed by atoms with E-state index in [4.69, 9.17) is 0 Å². The molecule has 0 amide bonds. The summed E-state index contributed by atoms with van der Waals surface area (Å²) in [5.74, 6) is -2.31. The summed E-state index contributed by atoms with van der Waals surface area (Å²) >= 11 is 0. The van der Waals surface area contributed by atoms with Crippen LogP contribution in [0.2, 0.25) is 0 Å². The van der Waals surface area contributed by atoms with Crippen molar-refractivity contribution in [3.05, 3.63) is 36.0 Å². The van der Waals surface area contributed by atoms with Crippen LogP contribution < -0.4 is 0 Å². The highest BCUT2D eigenvalue weighted by Crippen LogP contribution is 2.09. The van der Waals surface area contributed by atoms with Gasteiger partial charge in [0.2, 0.25) is 0 Å². The Labute approximate surface area is 102 Å². The van der Waals surface area contributed by atoms with Crippen molar-refractivity contribution in [2.24, 2.45) is 5.92 Å². The zero-order valence-electron chi connectivity index (χ0n) is 10.6. The monoisotopic (exact) mass is 238 g/mol. The summed E-state index contributed by atoms with van der Waals surface area (Å²) in [4.78, 5) is 22.8. The highest BCUT2D eigenvalue weighted by atomic mass is 16.5. The van der Waals surface area contributed by atoms with Gasteiger partial charge in [-0.2, -0.15) is 0 Å². The molecule has 0 fully saturated rings. The lowest BCUT2D eigenvalue weighted by atomic mass is 10.1. The van der Waals surface area contributed by atoms with Gasteiger partial charge in [-0.05, 0) is 13.8 Å². The first-order chi connectivity index (χ1) is 7.92. The lowest BCUT2D eigenvalue weighted by Gasteiger charge is -2.08. The first-order valence-corrected chi connectivity index (χ1v) is 5.10. The molecule has 0 bridgehead atoms. The van der Waals surface area contributed by atoms with Crippen LogP contribution in [0.1, 0.15) is 13.8 Å². The molecule has 4 nitrogen and oxygen atoms in total. The molecule has 0 heterocycles. The lowest BCUT2D eigenvalue weighted by Crippen LogP contribution is -2.24. The molecule has 4 heteroatoms. The van der Waals surface area contributed by atoms with Crippen molar-refractivity contribution in [2.45, 2.75) is 13.8 Å². The second kappa shape index (κ2) is 7.44. The quantitative estimate of drug-likeness (QED) is 0.418. The van der Waals surface area contributed by atoms with Crippen molar-refractivity contribution >= 4 is 11.9 Å². The number of rotatable bonds is 5. The number of hydrogen-bond acceptors (Lipinski definition) is 4. The Hall–Kier alpha value is -1.84. The predicted octanol–water partition coefficient (Wildman–Crippen LogP) is 2.03. The minimum absolute atomic E-state index is 0.639. The lowest BCUT2D eigenvalue weighted by molar-refractivity contribution is -0.156. The molecule has 0 aromatic heterocycles. The van der Waals surface area contributed by atoms with E-state index in [9.17, 15) is 9.59 Å². The Balaban J connectivity index is 4.96. The third-order valence-corrected chi connectivity index (χ3v) is 1.97. The van der Waals surface area contributed by atoms with Crippen LogP contribution in [-0.4, -0.2) is 26.2 Å². The summed E-state index contributed by atoms with van der Waals surface area (Å²) in [6.07, 6.45) is 5.05. The summed E-state index contributed by atoms with van der Waals surface area (Å²) in [5, 5.41) is 0. The van der Waals surface area contributed by atoms with Gasteiger partial charge in [0.15, 0.2) is 5.92 Å². The molecular formula is C13H18O4. The number of methoxy groups -OCH3 is 2. The van der Waals surface area contributed by atoms with Crippen molar-refractivity contribution in [3.8, 4) is 0 Å². The third-order valence-electron chi connectivity index (χ3n) is 1.97. The largest absolute Gasteiger partial charge is 0.468 e. The van der Waals surface area contributed by atoms with Gasteiger partial charge in [-0.3, -0.25) is 9.59 Å². The highest BCUT2D eigenvalue weighted by molar-refractivity contribution is 5.97. The maximum atomic E-state index is 11.4. The van der Waals surface area contributed by atoms with Gasteiger partial charge in [-0.25, -0.2) is 0 Å². The Bertz CT molecular complexity index is 348. The third kappa shape index (κ3) is 5.70. The van der Waals surface area contributed by atoms with Gasteiger partial charge in [0.25, 0.3) is 0 Å². The van der Waals surface area contributed by atoms with E-state index in [1.54, 1.807) is 19.1 Å². The maximum absolute atomic E-state index is 11.4. The molecule has 0 spiro atoms. The SMILES string of the molecule is C=C(C)C=CC(C)=CC(C(=O)OC)C(=O)OC. The highest BCUT2D eigenvalue weighted by Gasteiger charge is 2.25. The van der Waals surface area contributed by atoms with Crippen LogP contribution in [-0.2, 0) is 19.1 Å². The molecule has 0 saturated carbocycles. The van der Waals surface area contributed by atoms with Crippen LogP contribution in [0.5, 0.6) is 0 Å². The van der Waals surface area contributed by atoms with Gasteiger partial charge < -0.3 is 9.47 Å². The Kier molecular flexibility index (Phi) is 6.63. The molecule has 0 aromatic carbocycles. The molecule has 17 heavy (non-hydrogen) atoms. The molecule has 94 valence electrons. The first kappa shape index (κ1) is 15.2. The fourth-order valence-electron chi connectivity index (χ4n) is 1.08. The predicted molar refractivity (Wildman–Crippen MR) is 65.2 cm³/mol. The van der Waals surface area contributed by atoms with Gasteiger partial charge in [0, 0.05) is 0 Å². The average molecular weight is 238 g/mol.